The zero-order valence-electron chi connectivity index (χ0n) is 13.1. The van der Waals surface area contributed by atoms with Crippen molar-refractivity contribution in [1.29, 1.82) is 0 Å². The summed E-state index contributed by atoms with van der Waals surface area (Å²) in [6, 6.07) is 5.68. The Kier molecular flexibility index (Phi) is 4.17. The first-order valence-electron chi connectivity index (χ1n) is 7.28. The fourth-order valence-corrected chi connectivity index (χ4v) is 3.71. The molecule has 0 fully saturated rings. The van der Waals surface area contributed by atoms with Gasteiger partial charge in [-0.15, -0.1) is 0 Å². The topological polar surface area (TPSA) is 49.7 Å². The standard InChI is InChI=1S/C15H25BO3Si/c1-15(2,3)20(4,5)19-14-9-7-11-6-8-12(16(17)18)10-13(11)14/h6,8,10,14,17-18H,7,9H2,1-5H3. The third-order valence-electron chi connectivity index (χ3n) is 4.73. The molecule has 5 heteroatoms. The number of aryl methyl sites for hydroxylation is 1. The molecule has 0 aromatic heterocycles. The van der Waals surface area contributed by atoms with E-state index in [2.05, 4.69) is 33.9 Å². The van der Waals surface area contributed by atoms with Gasteiger partial charge < -0.3 is 14.5 Å². The fourth-order valence-electron chi connectivity index (χ4n) is 2.40. The smallest absolute Gasteiger partial charge is 0.423 e. The fraction of sp³-hybridized carbons (Fsp3) is 0.600. The van der Waals surface area contributed by atoms with Crippen molar-refractivity contribution in [3.8, 4) is 0 Å². The minimum atomic E-state index is -1.81. The summed E-state index contributed by atoms with van der Waals surface area (Å²) < 4.78 is 6.50. The second-order valence-electron chi connectivity index (χ2n) is 7.24. The second-order valence-corrected chi connectivity index (χ2v) is 12.0. The summed E-state index contributed by atoms with van der Waals surface area (Å²) in [7, 11) is -3.22. The van der Waals surface area contributed by atoms with E-state index >= 15 is 0 Å². The molecule has 1 aliphatic carbocycles. The monoisotopic (exact) mass is 292 g/mol. The summed E-state index contributed by atoms with van der Waals surface area (Å²) >= 11 is 0. The largest absolute Gasteiger partial charge is 0.488 e. The van der Waals surface area contributed by atoms with Gasteiger partial charge in [-0.2, -0.15) is 0 Å². The summed E-state index contributed by atoms with van der Waals surface area (Å²) in [6.07, 6.45) is 2.10. The van der Waals surface area contributed by atoms with Gasteiger partial charge in [-0.05, 0) is 47.6 Å². The van der Waals surface area contributed by atoms with Crippen LogP contribution in [0.1, 0.15) is 44.4 Å². The summed E-state index contributed by atoms with van der Waals surface area (Å²) in [5.74, 6) is 0. The Morgan fingerprint density at radius 2 is 1.90 bits per heavy atom. The van der Waals surface area contributed by atoms with Crippen LogP contribution in [0.5, 0.6) is 0 Å². The number of rotatable bonds is 3. The van der Waals surface area contributed by atoms with Crippen LogP contribution in [-0.4, -0.2) is 25.5 Å². The van der Waals surface area contributed by atoms with Crippen molar-refractivity contribution < 1.29 is 14.5 Å². The molecule has 0 radical (unpaired) electrons. The molecule has 0 spiro atoms. The zero-order chi connectivity index (χ0) is 15.1. The first-order valence-corrected chi connectivity index (χ1v) is 10.2. The first-order chi connectivity index (χ1) is 9.12. The van der Waals surface area contributed by atoms with Gasteiger partial charge in [0.15, 0.2) is 8.32 Å². The van der Waals surface area contributed by atoms with Crippen molar-refractivity contribution in [2.24, 2.45) is 0 Å². The average molecular weight is 292 g/mol. The Hall–Kier alpha value is -0.618. The number of fused-ring (bicyclic) bond motifs is 1. The molecule has 1 unspecified atom stereocenters. The number of hydrogen-bond donors (Lipinski definition) is 2. The van der Waals surface area contributed by atoms with Crippen LogP contribution in [-0.2, 0) is 10.8 Å². The van der Waals surface area contributed by atoms with Gasteiger partial charge in [-0.25, -0.2) is 0 Å². The van der Waals surface area contributed by atoms with Crippen molar-refractivity contribution >= 4 is 20.9 Å². The van der Waals surface area contributed by atoms with E-state index in [-0.39, 0.29) is 11.1 Å². The zero-order valence-corrected chi connectivity index (χ0v) is 14.1. The molecule has 2 N–H and O–H groups in total. The molecule has 0 saturated carbocycles. The third kappa shape index (κ3) is 3.01. The summed E-state index contributed by atoms with van der Waals surface area (Å²) in [4.78, 5) is 0. The second kappa shape index (κ2) is 5.30. The van der Waals surface area contributed by atoms with E-state index < -0.39 is 15.4 Å². The van der Waals surface area contributed by atoms with Crippen molar-refractivity contribution in [1.82, 2.24) is 0 Å². The lowest BCUT2D eigenvalue weighted by molar-refractivity contribution is 0.185. The summed E-state index contributed by atoms with van der Waals surface area (Å²) in [5.41, 5.74) is 2.97. The van der Waals surface area contributed by atoms with E-state index in [0.29, 0.717) is 5.46 Å². The Balaban J connectivity index is 2.25. The number of hydrogen-bond acceptors (Lipinski definition) is 3. The molecule has 1 aromatic carbocycles. The Morgan fingerprint density at radius 3 is 2.45 bits per heavy atom. The van der Waals surface area contributed by atoms with Crippen molar-refractivity contribution in [3.63, 3.8) is 0 Å². The molecule has 0 amide bonds. The minimum absolute atomic E-state index is 0.101. The molecule has 110 valence electrons. The van der Waals surface area contributed by atoms with Gasteiger partial charge in [0.25, 0.3) is 0 Å². The van der Waals surface area contributed by atoms with E-state index in [4.69, 9.17) is 4.43 Å². The molecule has 1 aliphatic rings. The SMILES string of the molecule is CC(C)(C)[Si](C)(C)OC1CCc2ccc(B(O)O)cc21. The quantitative estimate of drug-likeness (QED) is 0.841. The maximum absolute atomic E-state index is 9.33. The van der Waals surface area contributed by atoms with E-state index in [9.17, 15) is 10.0 Å². The van der Waals surface area contributed by atoms with Gasteiger partial charge in [0.2, 0.25) is 0 Å². The van der Waals surface area contributed by atoms with Crippen LogP contribution in [0.2, 0.25) is 18.1 Å². The van der Waals surface area contributed by atoms with Crippen LogP contribution in [0.25, 0.3) is 0 Å². The van der Waals surface area contributed by atoms with Gasteiger partial charge in [0.1, 0.15) is 0 Å². The normalized spacial score (nSPS) is 19.1. The average Bonchev–Trinajstić information content (AvgIpc) is 2.69. The summed E-state index contributed by atoms with van der Waals surface area (Å²) in [5, 5.41) is 18.8. The van der Waals surface area contributed by atoms with Gasteiger partial charge in [0, 0.05) is 0 Å². The van der Waals surface area contributed by atoms with Gasteiger partial charge in [0.05, 0.1) is 6.10 Å². The lowest BCUT2D eigenvalue weighted by Crippen LogP contribution is -2.41. The van der Waals surface area contributed by atoms with Crippen LogP contribution in [0.4, 0.5) is 0 Å². The lowest BCUT2D eigenvalue weighted by Gasteiger charge is -2.38. The molecule has 2 rings (SSSR count). The van der Waals surface area contributed by atoms with Gasteiger partial charge in [-0.3, -0.25) is 0 Å². The lowest BCUT2D eigenvalue weighted by atomic mass is 9.79. The molecule has 1 atom stereocenters. The van der Waals surface area contributed by atoms with Crippen LogP contribution in [0.3, 0.4) is 0 Å². The highest BCUT2D eigenvalue weighted by Gasteiger charge is 2.40. The van der Waals surface area contributed by atoms with Crippen molar-refractivity contribution in [2.75, 3.05) is 0 Å². The predicted octanol–water partition coefficient (Wildman–Crippen LogP) is 2.38. The van der Waals surface area contributed by atoms with Gasteiger partial charge >= 0.3 is 7.12 Å². The molecular weight excluding hydrogens is 267 g/mol. The highest BCUT2D eigenvalue weighted by Crippen LogP contribution is 2.43. The molecule has 3 nitrogen and oxygen atoms in total. The molecular formula is C15H25BO3Si. The van der Waals surface area contributed by atoms with Crippen LogP contribution in [0.15, 0.2) is 18.2 Å². The van der Waals surface area contributed by atoms with E-state index in [1.807, 2.05) is 12.1 Å². The Labute approximate surface area is 123 Å². The van der Waals surface area contributed by atoms with Crippen LogP contribution in [0, 0.1) is 0 Å². The molecule has 20 heavy (non-hydrogen) atoms. The van der Waals surface area contributed by atoms with Crippen molar-refractivity contribution in [2.45, 2.75) is 57.8 Å². The molecule has 0 saturated heterocycles. The summed E-state index contributed by atoms with van der Waals surface area (Å²) in [6.45, 7) is 11.2. The molecule has 0 bridgehead atoms. The van der Waals surface area contributed by atoms with Crippen LogP contribution < -0.4 is 5.46 Å². The minimum Gasteiger partial charge on any atom is -0.423 e. The van der Waals surface area contributed by atoms with Crippen molar-refractivity contribution in [3.05, 3.63) is 29.3 Å². The maximum atomic E-state index is 9.33. The van der Waals surface area contributed by atoms with Crippen LogP contribution >= 0.6 is 0 Å². The number of benzene rings is 1. The third-order valence-corrected chi connectivity index (χ3v) is 9.22. The van der Waals surface area contributed by atoms with E-state index in [1.165, 1.54) is 5.56 Å². The van der Waals surface area contributed by atoms with E-state index in [1.54, 1.807) is 6.07 Å². The predicted molar refractivity (Wildman–Crippen MR) is 85.6 cm³/mol. The molecule has 0 heterocycles. The maximum Gasteiger partial charge on any atom is 0.488 e. The molecule has 0 aliphatic heterocycles. The highest BCUT2D eigenvalue weighted by molar-refractivity contribution is 6.74. The Morgan fingerprint density at radius 1 is 1.25 bits per heavy atom. The Bertz CT molecular complexity index is 494. The highest BCUT2D eigenvalue weighted by atomic mass is 28.4. The molecule has 1 aromatic rings. The van der Waals surface area contributed by atoms with E-state index in [0.717, 1.165) is 18.4 Å². The first kappa shape index (κ1) is 15.8. The van der Waals surface area contributed by atoms with Gasteiger partial charge in [-0.1, -0.05) is 39.0 Å².